The molecule has 1 N–H and O–H groups in total. The molecule has 1 aromatic carbocycles. The number of ketones is 1. The number of hydrogen-bond donors (Lipinski definition) is 1. The molecule has 0 aromatic heterocycles. The highest BCUT2D eigenvalue weighted by molar-refractivity contribution is 5.85. The molecule has 1 spiro atoms. The van der Waals surface area contributed by atoms with Crippen molar-refractivity contribution >= 4 is 5.78 Å². The minimum absolute atomic E-state index is 0.197. The van der Waals surface area contributed by atoms with Crippen LogP contribution in [0.3, 0.4) is 0 Å². The second kappa shape index (κ2) is 8.64. The maximum absolute atomic E-state index is 13.1. The first kappa shape index (κ1) is 19.5. The van der Waals surface area contributed by atoms with Crippen LogP contribution in [0, 0.1) is 5.41 Å². The number of hydrogen-bond acceptors (Lipinski definition) is 4. The topological polar surface area (TPSA) is 55.8 Å². The van der Waals surface area contributed by atoms with E-state index >= 15 is 0 Å². The summed E-state index contributed by atoms with van der Waals surface area (Å²) in [4.78, 5) is 13.1. The fourth-order valence-corrected chi connectivity index (χ4v) is 4.61. The number of ether oxygens (including phenoxy) is 2. The van der Waals surface area contributed by atoms with Gasteiger partial charge in [-0.2, -0.15) is 0 Å². The number of aliphatic hydroxyl groups is 1. The molecule has 0 radical (unpaired) electrons. The van der Waals surface area contributed by atoms with Crippen LogP contribution in [0.2, 0.25) is 0 Å². The summed E-state index contributed by atoms with van der Waals surface area (Å²) < 4.78 is 11.7. The van der Waals surface area contributed by atoms with Crippen molar-refractivity contribution in [3.8, 4) is 0 Å². The molecule has 3 rings (SSSR count). The van der Waals surface area contributed by atoms with Gasteiger partial charge in [0, 0.05) is 19.3 Å². The van der Waals surface area contributed by atoms with Gasteiger partial charge in [-0.15, -0.1) is 0 Å². The van der Waals surface area contributed by atoms with Gasteiger partial charge in [0.15, 0.2) is 5.79 Å². The molecule has 1 heterocycles. The Balaban J connectivity index is 1.64. The number of unbranched alkanes of at least 4 members (excludes halogenated alkanes) is 1. The average Bonchev–Trinajstić information content (AvgIpc) is 3.09. The molecule has 1 saturated heterocycles. The van der Waals surface area contributed by atoms with Gasteiger partial charge in [0.25, 0.3) is 0 Å². The third kappa shape index (κ3) is 4.19. The number of aliphatic hydroxyl groups excluding tert-OH is 1. The molecule has 2 fully saturated rings. The molecule has 1 saturated carbocycles. The molecule has 0 bridgehead atoms. The van der Waals surface area contributed by atoms with Crippen LogP contribution >= 0.6 is 0 Å². The number of rotatable bonds is 7. The molecule has 2 unspecified atom stereocenters. The van der Waals surface area contributed by atoms with Crippen molar-refractivity contribution < 1.29 is 19.4 Å². The van der Waals surface area contributed by atoms with Gasteiger partial charge < -0.3 is 14.6 Å². The zero-order chi connectivity index (χ0) is 18.5. The Morgan fingerprint density at radius 2 is 1.81 bits per heavy atom. The van der Waals surface area contributed by atoms with Crippen LogP contribution in [0.15, 0.2) is 30.3 Å². The SMILES string of the molecule is CCC(O)C1(CCCCc2ccccc2)CCC2(CCC1=O)OCCO2. The van der Waals surface area contributed by atoms with Crippen molar-refractivity contribution in [2.24, 2.45) is 5.41 Å². The van der Waals surface area contributed by atoms with E-state index in [1.807, 2.05) is 13.0 Å². The maximum Gasteiger partial charge on any atom is 0.168 e. The minimum Gasteiger partial charge on any atom is -0.392 e. The molecule has 2 atom stereocenters. The first-order valence-corrected chi connectivity index (χ1v) is 10.1. The molecule has 1 aliphatic carbocycles. The predicted molar refractivity (Wildman–Crippen MR) is 101 cm³/mol. The smallest absolute Gasteiger partial charge is 0.168 e. The van der Waals surface area contributed by atoms with Crippen molar-refractivity contribution in [3.05, 3.63) is 35.9 Å². The largest absolute Gasteiger partial charge is 0.392 e. The highest BCUT2D eigenvalue weighted by Crippen LogP contribution is 2.45. The number of Topliss-reactive ketones (excluding diaryl/α,β-unsaturated/α-hetero) is 1. The zero-order valence-corrected chi connectivity index (χ0v) is 15.9. The van der Waals surface area contributed by atoms with Crippen molar-refractivity contribution in [1.82, 2.24) is 0 Å². The Morgan fingerprint density at radius 1 is 1.08 bits per heavy atom. The molecule has 144 valence electrons. The van der Waals surface area contributed by atoms with Crippen molar-refractivity contribution in [1.29, 1.82) is 0 Å². The van der Waals surface area contributed by atoms with Gasteiger partial charge in [0.2, 0.25) is 0 Å². The summed E-state index contributed by atoms with van der Waals surface area (Å²) in [6.45, 7) is 3.18. The van der Waals surface area contributed by atoms with E-state index in [4.69, 9.17) is 9.47 Å². The average molecular weight is 360 g/mol. The number of aryl methyl sites for hydroxylation is 1. The molecular weight excluding hydrogens is 328 g/mol. The fraction of sp³-hybridized carbons (Fsp3) is 0.682. The lowest BCUT2D eigenvalue weighted by Gasteiger charge is -2.36. The Kier molecular flexibility index (Phi) is 6.49. The lowest BCUT2D eigenvalue weighted by atomic mass is 9.70. The summed E-state index contributed by atoms with van der Waals surface area (Å²) in [5.74, 6) is -0.392. The molecule has 4 heteroatoms. The van der Waals surface area contributed by atoms with Crippen molar-refractivity contribution in [2.45, 2.75) is 76.6 Å². The number of carbonyl (C=O) groups excluding carboxylic acids is 1. The third-order valence-corrected chi connectivity index (χ3v) is 6.26. The maximum atomic E-state index is 13.1. The van der Waals surface area contributed by atoms with Gasteiger partial charge in [0.1, 0.15) is 5.78 Å². The molecule has 2 aliphatic rings. The van der Waals surface area contributed by atoms with Gasteiger partial charge in [-0.1, -0.05) is 43.7 Å². The lowest BCUT2D eigenvalue weighted by Crippen LogP contribution is -2.42. The normalized spacial score (nSPS) is 26.8. The van der Waals surface area contributed by atoms with Crippen LogP contribution in [-0.4, -0.2) is 36.0 Å². The highest BCUT2D eigenvalue weighted by Gasteiger charge is 2.50. The quantitative estimate of drug-likeness (QED) is 0.746. The van der Waals surface area contributed by atoms with E-state index in [9.17, 15) is 9.90 Å². The number of benzene rings is 1. The van der Waals surface area contributed by atoms with Crippen molar-refractivity contribution in [3.63, 3.8) is 0 Å². The van der Waals surface area contributed by atoms with E-state index in [2.05, 4.69) is 24.3 Å². The van der Waals surface area contributed by atoms with E-state index in [1.165, 1.54) is 5.56 Å². The van der Waals surface area contributed by atoms with Crippen LogP contribution < -0.4 is 0 Å². The molecular formula is C22H32O4. The summed E-state index contributed by atoms with van der Waals surface area (Å²) in [6.07, 6.45) is 6.21. The van der Waals surface area contributed by atoms with E-state index in [0.29, 0.717) is 45.3 Å². The summed E-state index contributed by atoms with van der Waals surface area (Å²) in [5.41, 5.74) is 0.695. The van der Waals surface area contributed by atoms with Gasteiger partial charge in [0.05, 0.1) is 24.7 Å². The van der Waals surface area contributed by atoms with Crippen LogP contribution in [-0.2, 0) is 20.7 Å². The van der Waals surface area contributed by atoms with Gasteiger partial charge >= 0.3 is 0 Å². The predicted octanol–water partition coefficient (Wildman–Crippen LogP) is 4.04. The first-order chi connectivity index (χ1) is 12.6. The Morgan fingerprint density at radius 3 is 2.50 bits per heavy atom. The van der Waals surface area contributed by atoms with E-state index in [1.54, 1.807) is 0 Å². The minimum atomic E-state index is -0.635. The standard InChI is InChI=1S/C22H32O4/c1-2-19(23)21(12-7-6-10-18-8-4-3-5-9-18)14-15-22(13-11-20(21)24)25-16-17-26-22/h3-5,8-9,19,23H,2,6-7,10-17H2,1H3. The highest BCUT2D eigenvalue weighted by atomic mass is 16.7. The van der Waals surface area contributed by atoms with Crippen LogP contribution in [0.1, 0.15) is 63.9 Å². The molecule has 4 nitrogen and oxygen atoms in total. The second-order valence-corrected chi connectivity index (χ2v) is 7.80. The molecule has 1 aliphatic heterocycles. The number of carbonyl (C=O) groups is 1. The summed E-state index contributed by atoms with van der Waals surface area (Å²) >= 11 is 0. The van der Waals surface area contributed by atoms with Gasteiger partial charge in [-0.3, -0.25) is 4.79 Å². The third-order valence-electron chi connectivity index (χ3n) is 6.26. The van der Waals surface area contributed by atoms with E-state index < -0.39 is 17.3 Å². The van der Waals surface area contributed by atoms with Gasteiger partial charge in [-0.25, -0.2) is 0 Å². The lowest BCUT2D eigenvalue weighted by molar-refractivity contribution is -0.167. The molecule has 26 heavy (non-hydrogen) atoms. The molecule has 0 amide bonds. The Labute approximate surface area is 156 Å². The Bertz CT molecular complexity index is 579. The summed E-state index contributed by atoms with van der Waals surface area (Å²) in [6, 6.07) is 10.4. The van der Waals surface area contributed by atoms with Gasteiger partial charge in [-0.05, 0) is 37.7 Å². The van der Waals surface area contributed by atoms with Crippen LogP contribution in [0.25, 0.3) is 0 Å². The zero-order valence-electron chi connectivity index (χ0n) is 15.9. The summed E-state index contributed by atoms with van der Waals surface area (Å²) in [5, 5.41) is 10.8. The monoisotopic (exact) mass is 360 g/mol. The molecule has 1 aromatic rings. The van der Waals surface area contributed by atoms with Crippen LogP contribution in [0.4, 0.5) is 0 Å². The van der Waals surface area contributed by atoms with E-state index in [-0.39, 0.29) is 5.78 Å². The van der Waals surface area contributed by atoms with E-state index in [0.717, 1.165) is 25.7 Å². The summed E-state index contributed by atoms with van der Waals surface area (Å²) in [7, 11) is 0. The fourth-order valence-electron chi connectivity index (χ4n) is 4.61. The van der Waals surface area contributed by atoms with Crippen molar-refractivity contribution in [2.75, 3.05) is 13.2 Å². The second-order valence-electron chi connectivity index (χ2n) is 7.80. The first-order valence-electron chi connectivity index (χ1n) is 10.1. The van der Waals surface area contributed by atoms with Crippen LogP contribution in [0.5, 0.6) is 0 Å². The Hall–Kier alpha value is -1.23.